The van der Waals surface area contributed by atoms with Gasteiger partial charge in [-0.3, -0.25) is 4.90 Å². The number of alkyl halides is 3. The molecule has 1 rings (SSSR count). The minimum absolute atomic E-state index is 0.100. The van der Waals surface area contributed by atoms with Gasteiger partial charge in [0.2, 0.25) is 0 Å². The fraction of sp³-hybridized carbons (Fsp3) is 0.500. The normalized spacial score (nSPS) is 15.0. The van der Waals surface area contributed by atoms with E-state index in [-0.39, 0.29) is 13.1 Å². The highest BCUT2D eigenvalue weighted by Crippen LogP contribution is 2.25. The van der Waals surface area contributed by atoms with Crippen molar-refractivity contribution in [2.75, 3.05) is 26.7 Å². The number of aliphatic carboxylic acids is 1. The third kappa shape index (κ3) is 4.44. The molecule has 4 nitrogen and oxygen atoms in total. The first-order chi connectivity index (χ1) is 9.75. The van der Waals surface area contributed by atoms with Crippen LogP contribution in [0.1, 0.15) is 12.5 Å². The summed E-state index contributed by atoms with van der Waals surface area (Å²) in [6.07, 6.45) is -4.37. The second-order valence-electron chi connectivity index (χ2n) is 4.74. The molecule has 21 heavy (non-hydrogen) atoms. The van der Waals surface area contributed by atoms with Gasteiger partial charge in [-0.1, -0.05) is 37.3 Å². The van der Waals surface area contributed by atoms with Crippen molar-refractivity contribution < 1.29 is 23.1 Å². The molecule has 118 valence electrons. The molecule has 1 atom stereocenters. The van der Waals surface area contributed by atoms with Crippen LogP contribution in [0.15, 0.2) is 30.3 Å². The van der Waals surface area contributed by atoms with E-state index < -0.39 is 24.2 Å². The summed E-state index contributed by atoms with van der Waals surface area (Å²) in [5, 5.41) is 12.2. The Balaban J connectivity index is 3.11. The highest BCUT2D eigenvalue weighted by molar-refractivity contribution is 5.81. The number of carbonyl (C=O) groups is 1. The van der Waals surface area contributed by atoms with Gasteiger partial charge in [0.05, 0.1) is 6.54 Å². The molecule has 0 bridgehead atoms. The van der Waals surface area contributed by atoms with Gasteiger partial charge in [0.15, 0.2) is 5.54 Å². The number of hydrogen-bond acceptors (Lipinski definition) is 3. The van der Waals surface area contributed by atoms with E-state index in [1.54, 1.807) is 37.3 Å². The average Bonchev–Trinajstić information content (AvgIpc) is 2.42. The summed E-state index contributed by atoms with van der Waals surface area (Å²) >= 11 is 0. The Bertz CT molecular complexity index is 465. The predicted octanol–water partition coefficient (Wildman–Crippen LogP) is 2.07. The van der Waals surface area contributed by atoms with E-state index in [9.17, 15) is 23.1 Å². The third-order valence-electron chi connectivity index (χ3n) is 3.37. The lowest BCUT2D eigenvalue weighted by atomic mass is 9.89. The molecular weight excluding hydrogens is 285 g/mol. The van der Waals surface area contributed by atoms with Crippen LogP contribution in [-0.4, -0.2) is 48.8 Å². The number of likely N-dealkylation sites (N-methyl/N-ethyl adjacent to an activating group) is 2. The average molecular weight is 304 g/mol. The first-order valence-corrected chi connectivity index (χ1v) is 6.52. The van der Waals surface area contributed by atoms with Gasteiger partial charge in [-0.15, -0.1) is 0 Å². The van der Waals surface area contributed by atoms with Gasteiger partial charge < -0.3 is 10.4 Å². The number of hydrogen-bond donors (Lipinski definition) is 2. The Kier molecular flexibility index (Phi) is 5.74. The fourth-order valence-electron chi connectivity index (χ4n) is 2.20. The minimum Gasteiger partial charge on any atom is -0.480 e. The molecule has 0 aliphatic rings. The van der Waals surface area contributed by atoms with E-state index in [2.05, 4.69) is 5.32 Å². The second-order valence-corrected chi connectivity index (χ2v) is 4.74. The maximum absolute atomic E-state index is 12.6. The van der Waals surface area contributed by atoms with Gasteiger partial charge in [-0.25, -0.2) is 4.79 Å². The van der Waals surface area contributed by atoms with Crippen LogP contribution in [0.4, 0.5) is 13.2 Å². The molecule has 0 heterocycles. The zero-order valence-corrected chi connectivity index (χ0v) is 11.9. The van der Waals surface area contributed by atoms with Crippen LogP contribution >= 0.6 is 0 Å². The molecule has 0 aromatic heterocycles. The van der Waals surface area contributed by atoms with E-state index in [0.717, 1.165) is 4.90 Å². The summed E-state index contributed by atoms with van der Waals surface area (Å²) in [6.45, 7) is 0.244. The summed E-state index contributed by atoms with van der Waals surface area (Å²) in [7, 11) is 1.43. The predicted molar refractivity (Wildman–Crippen MR) is 73.0 cm³/mol. The molecule has 0 saturated heterocycles. The lowest BCUT2D eigenvalue weighted by molar-refractivity contribution is -0.156. The highest BCUT2D eigenvalue weighted by Gasteiger charge is 2.42. The van der Waals surface area contributed by atoms with Gasteiger partial charge in [-0.2, -0.15) is 13.2 Å². The van der Waals surface area contributed by atoms with Crippen LogP contribution in [0.5, 0.6) is 0 Å². The summed E-state index contributed by atoms with van der Waals surface area (Å²) < 4.78 is 37.7. The molecule has 0 aliphatic carbocycles. The summed E-state index contributed by atoms with van der Waals surface area (Å²) in [5.74, 6) is -1.21. The lowest BCUT2D eigenvalue weighted by Gasteiger charge is -2.35. The van der Waals surface area contributed by atoms with Crippen molar-refractivity contribution in [2.24, 2.45) is 0 Å². The largest absolute Gasteiger partial charge is 0.480 e. The number of rotatable bonds is 7. The van der Waals surface area contributed by atoms with Crippen molar-refractivity contribution >= 4 is 5.97 Å². The van der Waals surface area contributed by atoms with Crippen LogP contribution in [-0.2, 0) is 10.3 Å². The smallest absolute Gasteiger partial charge is 0.401 e. The van der Waals surface area contributed by atoms with Gasteiger partial charge >= 0.3 is 12.1 Å². The Morgan fingerprint density at radius 3 is 2.19 bits per heavy atom. The van der Waals surface area contributed by atoms with Crippen molar-refractivity contribution in [3.63, 3.8) is 0 Å². The molecule has 7 heteroatoms. The molecule has 1 aromatic carbocycles. The molecular formula is C14H19F3N2O2. The number of halogens is 3. The van der Waals surface area contributed by atoms with Crippen molar-refractivity contribution in [2.45, 2.75) is 18.6 Å². The zero-order chi connectivity index (χ0) is 16.1. The molecule has 0 saturated carbocycles. The Hall–Kier alpha value is -1.60. The molecule has 2 N–H and O–H groups in total. The molecule has 0 spiro atoms. The van der Waals surface area contributed by atoms with Crippen LogP contribution in [0, 0.1) is 0 Å². The van der Waals surface area contributed by atoms with E-state index in [0.29, 0.717) is 5.56 Å². The number of carboxylic acid groups (broad SMARTS) is 1. The number of carboxylic acids is 1. The quantitative estimate of drug-likeness (QED) is 0.810. The van der Waals surface area contributed by atoms with Crippen LogP contribution in [0.3, 0.4) is 0 Å². The van der Waals surface area contributed by atoms with Gasteiger partial charge in [0, 0.05) is 6.54 Å². The van der Waals surface area contributed by atoms with Crippen molar-refractivity contribution in [1.82, 2.24) is 10.2 Å². The van der Waals surface area contributed by atoms with E-state index in [1.807, 2.05) is 0 Å². The molecule has 0 fully saturated rings. The summed E-state index contributed by atoms with van der Waals surface area (Å²) in [5.41, 5.74) is -1.16. The first-order valence-electron chi connectivity index (χ1n) is 6.52. The van der Waals surface area contributed by atoms with E-state index in [1.165, 1.54) is 7.05 Å². The molecule has 0 radical (unpaired) electrons. The van der Waals surface area contributed by atoms with E-state index in [4.69, 9.17) is 0 Å². The number of nitrogens with zero attached hydrogens (tertiary/aromatic N) is 1. The Labute approximate surface area is 121 Å². The maximum atomic E-state index is 12.6. The van der Waals surface area contributed by atoms with Gasteiger partial charge in [0.1, 0.15) is 0 Å². The van der Waals surface area contributed by atoms with Crippen LogP contribution < -0.4 is 5.32 Å². The van der Waals surface area contributed by atoms with Gasteiger partial charge in [-0.05, 0) is 19.2 Å². The van der Waals surface area contributed by atoms with Crippen molar-refractivity contribution in [3.8, 4) is 0 Å². The highest BCUT2D eigenvalue weighted by atomic mass is 19.4. The molecule has 1 aromatic rings. The molecule has 0 aliphatic heterocycles. The minimum atomic E-state index is -4.37. The fourth-order valence-corrected chi connectivity index (χ4v) is 2.20. The zero-order valence-electron chi connectivity index (χ0n) is 11.9. The maximum Gasteiger partial charge on any atom is 0.401 e. The Morgan fingerprint density at radius 1 is 1.24 bits per heavy atom. The summed E-state index contributed by atoms with van der Waals surface area (Å²) in [4.78, 5) is 12.8. The monoisotopic (exact) mass is 304 g/mol. The van der Waals surface area contributed by atoms with Crippen molar-refractivity contribution in [3.05, 3.63) is 35.9 Å². The second kappa shape index (κ2) is 6.91. The lowest BCUT2D eigenvalue weighted by Crippen LogP contribution is -2.56. The number of benzene rings is 1. The van der Waals surface area contributed by atoms with Crippen LogP contribution in [0.2, 0.25) is 0 Å². The molecule has 0 amide bonds. The SMILES string of the molecule is CCN(CC(F)(F)F)CC(NC)(C(=O)O)c1ccccc1. The summed E-state index contributed by atoms with van der Waals surface area (Å²) in [6, 6.07) is 8.21. The number of nitrogens with one attached hydrogen (secondary N) is 1. The Morgan fingerprint density at radius 2 is 1.81 bits per heavy atom. The first kappa shape index (κ1) is 17.5. The third-order valence-corrected chi connectivity index (χ3v) is 3.37. The van der Waals surface area contributed by atoms with E-state index >= 15 is 0 Å². The van der Waals surface area contributed by atoms with Crippen LogP contribution in [0.25, 0.3) is 0 Å². The van der Waals surface area contributed by atoms with Gasteiger partial charge in [0.25, 0.3) is 0 Å². The standard InChI is InChI=1S/C14H19F3N2O2/c1-3-19(10-14(15,16)17)9-13(18-2,12(20)21)11-7-5-4-6-8-11/h4-8,18H,3,9-10H2,1-2H3,(H,20,21). The van der Waals surface area contributed by atoms with Crippen molar-refractivity contribution in [1.29, 1.82) is 0 Å². The topological polar surface area (TPSA) is 52.6 Å². The molecule has 1 unspecified atom stereocenters.